The molecule has 11 heteroatoms. The number of hydrogen-bond acceptors (Lipinski definition) is 9. The van der Waals surface area contributed by atoms with Gasteiger partial charge >= 0.3 is 0 Å². The summed E-state index contributed by atoms with van der Waals surface area (Å²) in [5, 5.41) is 48.2. The summed E-state index contributed by atoms with van der Waals surface area (Å²) in [6.07, 6.45) is 31.3. The van der Waals surface area contributed by atoms with Gasteiger partial charge in [-0.15, -0.1) is 0 Å². The molecule has 4 aromatic rings. The fourth-order valence-electron chi connectivity index (χ4n) is 18.4. The maximum atomic E-state index is 11.0. The van der Waals surface area contributed by atoms with Crippen LogP contribution in [0.5, 0.6) is 0 Å². The molecule has 16 aliphatic rings. The zero-order chi connectivity index (χ0) is 56.5. The minimum atomic E-state index is 0. The number of allylic oxidation sites excluding steroid dienone is 5. The van der Waals surface area contributed by atoms with Crippen LogP contribution in [0.1, 0.15) is 175 Å². The minimum Gasteiger partial charge on any atom is -0.396 e. The lowest BCUT2D eigenvalue weighted by Crippen LogP contribution is -2.76. The molecule has 3 atom stereocenters. The first-order valence-electron chi connectivity index (χ1n) is 31.0. The molecule has 9 nitrogen and oxygen atoms in total. The van der Waals surface area contributed by atoms with Crippen LogP contribution in [0.4, 0.5) is 0 Å². The molecule has 1 unspecified atom stereocenters. The number of fused-ring (bicyclic) bond motifs is 4. The Bertz CT molecular complexity index is 2850. The summed E-state index contributed by atoms with van der Waals surface area (Å²) >= 11 is 0. The molecule has 20 rings (SSSR count). The molecule has 16 aliphatic carbocycles. The van der Waals surface area contributed by atoms with E-state index in [1.54, 1.807) is 6.92 Å². The van der Waals surface area contributed by atoms with E-state index in [1.165, 1.54) is 125 Å². The van der Waals surface area contributed by atoms with Gasteiger partial charge in [0, 0.05) is 73.1 Å². The van der Waals surface area contributed by atoms with Crippen molar-refractivity contribution in [2.24, 2.45) is 27.4 Å². The molecule has 0 saturated heterocycles. The van der Waals surface area contributed by atoms with Crippen molar-refractivity contribution in [1.82, 2.24) is 16.0 Å². The predicted molar refractivity (Wildman–Crippen MR) is 349 cm³/mol. The molecule has 0 heterocycles. The van der Waals surface area contributed by atoms with Gasteiger partial charge in [0.05, 0.1) is 0 Å². The highest BCUT2D eigenvalue weighted by molar-refractivity contribution is 7.59. The van der Waals surface area contributed by atoms with Crippen LogP contribution in [0.2, 0.25) is 0 Å². The number of aliphatic hydroxyl groups excluding tert-OH is 4. The number of rotatable bonds is 18. The summed E-state index contributed by atoms with van der Waals surface area (Å²) in [6, 6.07) is 36.1. The Hall–Kier alpha value is -4.11. The van der Waals surface area contributed by atoms with E-state index in [4.69, 9.17) is 10.8 Å². The van der Waals surface area contributed by atoms with Crippen molar-refractivity contribution >= 4 is 55.1 Å². The zero-order valence-electron chi connectivity index (χ0n) is 50.0. The van der Waals surface area contributed by atoms with Crippen LogP contribution in [0.15, 0.2) is 121 Å². The van der Waals surface area contributed by atoms with Crippen molar-refractivity contribution in [2.45, 2.75) is 196 Å². The van der Waals surface area contributed by atoms with E-state index in [9.17, 15) is 20.1 Å². The van der Waals surface area contributed by atoms with Crippen molar-refractivity contribution in [2.75, 3.05) is 26.4 Å². The second kappa shape index (κ2) is 23.9. The molecule has 446 valence electrons. The highest BCUT2D eigenvalue weighted by Gasteiger charge is 2.69. The van der Waals surface area contributed by atoms with Gasteiger partial charge in [0.2, 0.25) is 0 Å². The Morgan fingerprint density at radius 3 is 0.904 bits per heavy atom. The van der Waals surface area contributed by atoms with Crippen molar-refractivity contribution in [1.29, 1.82) is 0 Å². The summed E-state index contributed by atoms with van der Waals surface area (Å²) in [5.74, 6) is 0.239. The molecule has 4 aromatic carbocycles. The minimum absolute atomic E-state index is 0. The van der Waals surface area contributed by atoms with Crippen molar-refractivity contribution in [3.05, 3.63) is 166 Å². The Morgan fingerprint density at radius 1 is 0.422 bits per heavy atom. The molecule has 0 aromatic heterocycles. The van der Waals surface area contributed by atoms with Gasteiger partial charge in [-0.05, 0) is 238 Å². The molecule has 0 amide bonds. The number of carbonyl (C=O) groups is 1. The van der Waals surface area contributed by atoms with E-state index < -0.39 is 0 Å². The smallest absolute Gasteiger partial charge is 0.134 e. The largest absolute Gasteiger partial charge is 0.396 e. The van der Waals surface area contributed by atoms with Gasteiger partial charge in [0.1, 0.15) is 5.78 Å². The fraction of sp³-hybridized carbons (Fsp3) is 0.542. The zero-order valence-corrected chi connectivity index (χ0v) is 52.0. The molecule has 12 fully saturated rings. The third-order valence-electron chi connectivity index (χ3n) is 21.3. The summed E-state index contributed by atoms with van der Waals surface area (Å²) in [6.45, 7) is 10.0. The second-order valence-corrected chi connectivity index (χ2v) is 28.9. The number of carbonyl (C=O) groups excluding carboxylic acids is 1. The van der Waals surface area contributed by atoms with Gasteiger partial charge in [-0.1, -0.05) is 121 Å². The fourth-order valence-corrected chi connectivity index (χ4v) is 18.4. The molecule has 0 spiro atoms. The molecule has 12 saturated carbocycles. The van der Waals surface area contributed by atoms with Gasteiger partial charge < -0.3 is 42.1 Å². The third kappa shape index (κ3) is 12.3. The van der Waals surface area contributed by atoms with Crippen molar-refractivity contribution < 1.29 is 25.2 Å². The van der Waals surface area contributed by atoms with Crippen molar-refractivity contribution in [3.63, 3.8) is 0 Å². The lowest BCUT2D eigenvalue weighted by molar-refractivity contribution is -0.181. The first-order valence-corrected chi connectivity index (χ1v) is 31.0. The molecule has 83 heavy (non-hydrogen) atoms. The highest BCUT2D eigenvalue weighted by atomic mass is 32.1. The van der Waals surface area contributed by atoms with Gasteiger partial charge in [-0.3, -0.25) is 4.79 Å². The average molecular weight is 1160 g/mol. The predicted octanol–water partition coefficient (Wildman–Crippen LogP) is 11.4. The van der Waals surface area contributed by atoms with Crippen LogP contribution in [-0.4, -0.2) is 92.9 Å². The topological polar surface area (TPSA) is 160 Å². The number of ketones is 1. The van der Waals surface area contributed by atoms with Crippen LogP contribution in [0, 0.1) is 21.7 Å². The number of hydrogen-bond donors (Lipinski definition) is 8. The van der Waals surface area contributed by atoms with Gasteiger partial charge in [-0.2, -0.15) is 27.0 Å². The highest BCUT2D eigenvalue weighted by Crippen LogP contribution is 2.69. The maximum Gasteiger partial charge on any atom is 0.134 e. The normalized spacial score (nSPS) is 33.0. The summed E-state index contributed by atoms with van der Waals surface area (Å²) < 4.78 is 0. The first kappa shape index (κ1) is 62.0. The van der Waals surface area contributed by atoms with E-state index in [1.807, 2.05) is 12.1 Å². The van der Waals surface area contributed by atoms with Crippen LogP contribution in [0.25, 0.3) is 22.3 Å². The van der Waals surface area contributed by atoms with Gasteiger partial charge in [-0.25, -0.2) is 0 Å². The number of nitrogens with one attached hydrogen (secondary N) is 3. The van der Waals surface area contributed by atoms with Crippen LogP contribution in [-0.2, 0) is 30.5 Å². The Labute approximate surface area is 509 Å². The van der Waals surface area contributed by atoms with Crippen LogP contribution >= 0.6 is 27.0 Å². The molecule has 8 bridgehead atoms. The molecular weight excluding hydrogens is 1060 g/mol. The summed E-state index contributed by atoms with van der Waals surface area (Å²) in [4.78, 5) is 11.0. The van der Waals surface area contributed by atoms with Gasteiger partial charge in [0.25, 0.3) is 0 Å². The molecule has 9 N–H and O–H groups in total. The van der Waals surface area contributed by atoms with Gasteiger partial charge in [0.15, 0.2) is 0 Å². The molecule has 0 aliphatic heterocycles. The van der Waals surface area contributed by atoms with Crippen LogP contribution < -0.4 is 21.7 Å². The SMILES string of the molecule is CC(=O)CC1=CCc2ccccc21.CC(CC1=CCc2ccccc21)NC12CC(CO)(C1)C2.C[C@@H](CC1=CCc2ccccc21)NC12CC(CO)(C1)C2.C[C@H](CC1=CCc2ccccc21)NC12CC(CO)(C1)C2.NC12CC(CO)(C1)C2.S.S. The first-order chi connectivity index (χ1) is 38.9. The van der Waals surface area contributed by atoms with E-state index in [-0.39, 0.29) is 38.3 Å². The van der Waals surface area contributed by atoms with E-state index in [2.05, 4.69) is 146 Å². The standard InChI is InChI=1S/3C18H23NO.C12H12O.C6H11NO.2H2S/c3*1-13(19-18-9-17(10-18,11-18)12-20)8-15-7-6-14-4-2-3-5-16(14)15;1-9(13)8-11-7-6-10-4-2-3-5-12(10)11;7-6-1-5(2-6,3-6)4-8;;/h3*2-5,7,13,19-20H,6,8-12H2,1H3;2-5,7H,6,8H2,1H3;8H,1-4,7H2;2*1H2/t2*13-,17?,18?;;;;;/m10...../s1. The molecular formula is C72H96N4O5S2. The monoisotopic (exact) mass is 1160 g/mol. The van der Waals surface area contributed by atoms with E-state index in [0.717, 1.165) is 64.2 Å². The Morgan fingerprint density at radius 2 is 0.663 bits per heavy atom. The lowest BCUT2D eigenvalue weighted by Gasteiger charge is -2.71. The van der Waals surface area contributed by atoms with E-state index >= 15 is 0 Å². The Balaban J connectivity index is 0.000000118. The number of nitrogens with two attached hydrogens (primary N) is 1. The van der Waals surface area contributed by atoms with Crippen molar-refractivity contribution in [3.8, 4) is 0 Å². The number of Topliss-reactive ketones (excluding diaryl/α,β-unsaturated/α-hetero) is 1. The number of benzene rings is 4. The average Bonchev–Trinajstić information content (AvgIpc) is 1.20. The van der Waals surface area contributed by atoms with E-state index in [0.29, 0.717) is 89.3 Å². The summed E-state index contributed by atoms with van der Waals surface area (Å²) in [7, 11) is 0. The third-order valence-corrected chi connectivity index (χ3v) is 21.3. The maximum absolute atomic E-state index is 11.0. The lowest BCUT2D eigenvalue weighted by atomic mass is 9.39. The molecule has 0 radical (unpaired) electrons. The van der Waals surface area contributed by atoms with Crippen LogP contribution in [0.3, 0.4) is 0 Å². The summed E-state index contributed by atoms with van der Waals surface area (Å²) in [5.41, 5.74) is 25.3. The number of aliphatic hydroxyl groups is 4. The Kier molecular flexibility index (Phi) is 17.8. The second-order valence-electron chi connectivity index (χ2n) is 28.9. The quantitative estimate of drug-likeness (QED) is 0.0485.